The quantitative estimate of drug-likeness (QED) is 0.475. The molecule has 5 heteroatoms. The van der Waals surface area contributed by atoms with Crippen LogP contribution in [0.2, 0.25) is 0 Å². The first-order valence-corrected chi connectivity index (χ1v) is 7.20. The summed E-state index contributed by atoms with van der Waals surface area (Å²) in [6, 6.07) is 5.64. The molecule has 1 aliphatic rings. The number of halogens is 1. The van der Waals surface area contributed by atoms with Crippen LogP contribution in [0.5, 0.6) is 0 Å². The molecule has 0 amide bonds. The van der Waals surface area contributed by atoms with Gasteiger partial charge in [0.15, 0.2) is 5.78 Å². The normalized spacial score (nSPS) is 19.4. The summed E-state index contributed by atoms with van der Waals surface area (Å²) in [5.41, 5.74) is 0.571. The Morgan fingerprint density at radius 2 is 2.15 bits per heavy atom. The van der Waals surface area contributed by atoms with E-state index in [0.29, 0.717) is 18.7 Å². The summed E-state index contributed by atoms with van der Waals surface area (Å²) in [7, 11) is 0. The van der Waals surface area contributed by atoms with Crippen molar-refractivity contribution in [3.8, 4) is 0 Å². The van der Waals surface area contributed by atoms with Crippen LogP contribution in [-0.2, 0) is 0 Å². The number of benzene rings is 1. The molecule has 3 nitrogen and oxygen atoms in total. The minimum atomic E-state index is -0.322. The van der Waals surface area contributed by atoms with Gasteiger partial charge in [0.25, 0.3) is 0 Å². The minimum Gasteiger partial charge on any atom is -0.292 e. The minimum absolute atomic E-state index is 0.0658. The van der Waals surface area contributed by atoms with Crippen molar-refractivity contribution in [1.29, 1.82) is 0 Å². The number of carbonyl (C=O) groups is 1. The molecule has 0 N–H and O–H groups in total. The molecule has 0 radical (unpaired) electrons. The van der Waals surface area contributed by atoms with Crippen molar-refractivity contribution in [2.45, 2.75) is 25.3 Å². The molecule has 1 aliphatic heterocycles. The highest BCUT2D eigenvalue weighted by molar-refractivity contribution is 7.78. The van der Waals surface area contributed by atoms with Crippen molar-refractivity contribution in [3.05, 3.63) is 35.6 Å². The molecule has 1 unspecified atom stereocenters. The predicted molar refractivity (Wildman–Crippen MR) is 79.8 cm³/mol. The SMILES string of the molecule is O=C(c1ccc(F)cc1)C1CCCCN1CCN=C=S. The number of thiocarbonyl (C=S) groups is 1. The number of rotatable bonds is 5. The van der Waals surface area contributed by atoms with Gasteiger partial charge in [-0.15, -0.1) is 0 Å². The molecule has 1 atom stereocenters. The Labute approximate surface area is 123 Å². The molecule has 106 valence electrons. The van der Waals surface area contributed by atoms with E-state index in [0.717, 1.165) is 25.8 Å². The average Bonchev–Trinajstić information content (AvgIpc) is 2.48. The fourth-order valence-corrected chi connectivity index (χ4v) is 2.68. The number of aliphatic imine (C=N–C) groups is 1. The molecule has 1 saturated heterocycles. The van der Waals surface area contributed by atoms with E-state index in [1.807, 2.05) is 0 Å². The number of carbonyl (C=O) groups excluding carboxylic acids is 1. The smallest absolute Gasteiger partial charge is 0.179 e. The number of isothiocyanates is 1. The first kappa shape index (κ1) is 15.0. The molecule has 20 heavy (non-hydrogen) atoms. The zero-order valence-electron chi connectivity index (χ0n) is 11.2. The molecule has 0 saturated carbocycles. The summed E-state index contributed by atoms with van der Waals surface area (Å²) in [5, 5.41) is 2.34. The summed E-state index contributed by atoms with van der Waals surface area (Å²) < 4.78 is 12.9. The van der Waals surface area contributed by atoms with E-state index in [-0.39, 0.29) is 17.6 Å². The lowest BCUT2D eigenvalue weighted by Crippen LogP contribution is -2.45. The van der Waals surface area contributed by atoms with Crippen LogP contribution in [0.4, 0.5) is 4.39 Å². The summed E-state index contributed by atoms with van der Waals surface area (Å²) >= 11 is 4.55. The zero-order chi connectivity index (χ0) is 14.4. The molecule has 2 rings (SSSR count). The number of ketones is 1. The predicted octanol–water partition coefficient (Wildman–Crippen LogP) is 2.97. The third-order valence-electron chi connectivity index (χ3n) is 3.61. The van der Waals surface area contributed by atoms with Crippen LogP contribution in [0.3, 0.4) is 0 Å². The van der Waals surface area contributed by atoms with Crippen LogP contribution < -0.4 is 0 Å². The summed E-state index contributed by atoms with van der Waals surface area (Å²) in [6.45, 7) is 2.17. The second-order valence-corrected chi connectivity index (χ2v) is 5.07. The number of likely N-dealkylation sites (tertiary alicyclic amines) is 1. The molecule has 0 spiro atoms. The third kappa shape index (κ3) is 3.79. The van der Waals surface area contributed by atoms with E-state index in [9.17, 15) is 9.18 Å². The van der Waals surface area contributed by atoms with Crippen molar-refractivity contribution < 1.29 is 9.18 Å². The van der Waals surface area contributed by atoms with Crippen molar-refractivity contribution in [2.24, 2.45) is 4.99 Å². The van der Waals surface area contributed by atoms with Gasteiger partial charge in [-0.2, -0.15) is 0 Å². The number of hydrogen-bond acceptors (Lipinski definition) is 4. The van der Waals surface area contributed by atoms with Crippen LogP contribution in [-0.4, -0.2) is 41.5 Å². The van der Waals surface area contributed by atoms with Gasteiger partial charge < -0.3 is 0 Å². The molecule has 0 aromatic heterocycles. The monoisotopic (exact) mass is 292 g/mol. The van der Waals surface area contributed by atoms with E-state index in [1.165, 1.54) is 12.1 Å². The molecule has 1 aromatic carbocycles. The maximum atomic E-state index is 12.9. The number of nitrogens with zero attached hydrogens (tertiary/aromatic N) is 2. The molecule has 1 fully saturated rings. The second kappa shape index (κ2) is 7.39. The molecule has 0 aliphatic carbocycles. The summed E-state index contributed by atoms with van der Waals surface area (Å²) in [5.74, 6) is -0.256. The van der Waals surface area contributed by atoms with Crippen LogP contribution in [0.1, 0.15) is 29.6 Å². The maximum Gasteiger partial charge on any atom is 0.179 e. The maximum absolute atomic E-state index is 12.9. The first-order chi connectivity index (χ1) is 9.72. The van der Waals surface area contributed by atoms with E-state index in [4.69, 9.17) is 0 Å². The van der Waals surface area contributed by atoms with Gasteiger partial charge in [0, 0.05) is 12.1 Å². The standard InChI is InChI=1S/C15H17FN2OS/c16-13-6-4-12(5-7-13)15(19)14-3-1-2-9-18(14)10-8-17-11-20/h4-7,14H,1-3,8-10H2. The average molecular weight is 292 g/mol. The fourth-order valence-electron chi connectivity index (χ4n) is 2.59. The Bertz CT molecular complexity index is 511. The highest BCUT2D eigenvalue weighted by Crippen LogP contribution is 2.20. The van der Waals surface area contributed by atoms with E-state index in [1.54, 1.807) is 12.1 Å². The van der Waals surface area contributed by atoms with Gasteiger partial charge in [0.2, 0.25) is 0 Å². The number of hydrogen-bond donors (Lipinski definition) is 0. The fraction of sp³-hybridized carbons (Fsp3) is 0.467. The Morgan fingerprint density at radius 3 is 2.85 bits per heavy atom. The van der Waals surface area contributed by atoms with Gasteiger partial charge in [0.05, 0.1) is 17.7 Å². The highest BCUT2D eigenvalue weighted by Gasteiger charge is 2.28. The van der Waals surface area contributed by atoms with Gasteiger partial charge in [-0.3, -0.25) is 9.69 Å². The lowest BCUT2D eigenvalue weighted by molar-refractivity contribution is 0.0754. The number of piperidine rings is 1. The molecule has 1 aromatic rings. The van der Waals surface area contributed by atoms with E-state index < -0.39 is 0 Å². The van der Waals surface area contributed by atoms with E-state index in [2.05, 4.69) is 27.3 Å². The lowest BCUT2D eigenvalue weighted by atomic mass is 9.94. The summed E-state index contributed by atoms with van der Waals surface area (Å²) in [6.07, 6.45) is 2.98. The topological polar surface area (TPSA) is 32.7 Å². The van der Waals surface area contributed by atoms with Gasteiger partial charge in [0.1, 0.15) is 5.82 Å². The van der Waals surface area contributed by atoms with Crippen molar-refractivity contribution in [1.82, 2.24) is 4.90 Å². The van der Waals surface area contributed by atoms with Gasteiger partial charge in [-0.1, -0.05) is 6.42 Å². The molecular formula is C15H17FN2OS. The zero-order valence-corrected chi connectivity index (χ0v) is 12.0. The Hall–Kier alpha value is -1.42. The first-order valence-electron chi connectivity index (χ1n) is 6.80. The Morgan fingerprint density at radius 1 is 1.40 bits per heavy atom. The van der Waals surface area contributed by atoms with Crippen molar-refractivity contribution in [3.63, 3.8) is 0 Å². The van der Waals surface area contributed by atoms with Crippen molar-refractivity contribution >= 4 is 23.2 Å². The number of Topliss-reactive ketones (excluding diaryl/α,β-unsaturated/α-hetero) is 1. The molecule has 0 bridgehead atoms. The van der Waals surface area contributed by atoms with Crippen LogP contribution in [0.15, 0.2) is 29.3 Å². The second-order valence-electron chi connectivity index (χ2n) is 4.89. The molecular weight excluding hydrogens is 275 g/mol. The Kier molecular flexibility index (Phi) is 5.53. The van der Waals surface area contributed by atoms with Crippen molar-refractivity contribution in [2.75, 3.05) is 19.6 Å². The lowest BCUT2D eigenvalue weighted by Gasteiger charge is -2.34. The van der Waals surface area contributed by atoms with E-state index >= 15 is 0 Å². The van der Waals surface area contributed by atoms with Crippen LogP contribution in [0, 0.1) is 5.82 Å². The Balaban J connectivity index is 2.08. The third-order valence-corrected chi connectivity index (χ3v) is 3.74. The van der Waals surface area contributed by atoms with Gasteiger partial charge in [-0.25, -0.2) is 9.38 Å². The summed E-state index contributed by atoms with van der Waals surface area (Å²) in [4.78, 5) is 18.6. The molecule has 1 heterocycles. The van der Waals surface area contributed by atoms with Gasteiger partial charge in [-0.05, 0) is 55.9 Å². The van der Waals surface area contributed by atoms with Crippen LogP contribution in [0.25, 0.3) is 0 Å². The highest BCUT2D eigenvalue weighted by atomic mass is 32.1. The van der Waals surface area contributed by atoms with Crippen LogP contribution >= 0.6 is 12.2 Å². The van der Waals surface area contributed by atoms with Gasteiger partial charge >= 0.3 is 0 Å². The largest absolute Gasteiger partial charge is 0.292 e.